The molecule has 0 unspecified atom stereocenters. The van der Waals surface area contributed by atoms with E-state index in [2.05, 4.69) is 32.7 Å². The predicted octanol–water partition coefficient (Wildman–Crippen LogP) is 3.64. The van der Waals surface area contributed by atoms with E-state index in [4.69, 9.17) is 0 Å². The molecule has 0 aliphatic rings. The van der Waals surface area contributed by atoms with E-state index >= 15 is 0 Å². The molecule has 2 aromatic heterocycles. The number of aryl methyl sites for hydroxylation is 1. The van der Waals surface area contributed by atoms with E-state index in [-0.39, 0.29) is 5.91 Å². The number of carbonyl (C=O) groups excluding carboxylic acids is 1. The monoisotopic (exact) mass is 338 g/mol. The zero-order valence-electron chi connectivity index (χ0n) is 13.1. The molecule has 0 aliphatic heterocycles. The summed E-state index contributed by atoms with van der Waals surface area (Å²) >= 11 is 1.40. The number of hydrogen-bond acceptors (Lipinski definition) is 5. The van der Waals surface area contributed by atoms with Crippen LogP contribution < -0.4 is 10.6 Å². The third-order valence-electron chi connectivity index (χ3n) is 3.42. The maximum absolute atomic E-state index is 12.1. The topological polar surface area (TPSA) is 66.9 Å². The molecule has 1 aromatic carbocycles. The van der Waals surface area contributed by atoms with Crippen molar-refractivity contribution in [3.05, 3.63) is 71.5 Å². The number of nitrogens with one attached hydrogen (secondary N) is 2. The molecule has 0 saturated heterocycles. The third-order valence-corrected chi connectivity index (χ3v) is 4.18. The number of aromatic nitrogens is 2. The molecule has 122 valence electrons. The Labute approximate surface area is 144 Å². The first-order valence-electron chi connectivity index (χ1n) is 7.76. The molecule has 5 nitrogen and oxygen atoms in total. The SMILES string of the molecule is O=C(NCCCc1ccccc1)c1csc(Nc2cccnc2)n1. The molecule has 0 atom stereocenters. The molecule has 6 heteroatoms. The van der Waals surface area contributed by atoms with Gasteiger partial charge in [-0.1, -0.05) is 30.3 Å². The first-order valence-corrected chi connectivity index (χ1v) is 8.64. The number of carbonyl (C=O) groups is 1. The Morgan fingerprint density at radius 3 is 2.79 bits per heavy atom. The number of rotatable bonds is 7. The number of hydrogen-bond donors (Lipinski definition) is 2. The molecule has 3 rings (SSSR count). The predicted molar refractivity (Wildman–Crippen MR) is 96.7 cm³/mol. The fourth-order valence-corrected chi connectivity index (χ4v) is 2.94. The van der Waals surface area contributed by atoms with Gasteiger partial charge in [0.2, 0.25) is 0 Å². The lowest BCUT2D eigenvalue weighted by Gasteiger charge is -2.04. The standard InChI is InChI=1S/C18H18N4OS/c23-17(20-11-4-8-14-6-2-1-3-7-14)16-13-24-18(22-16)21-15-9-5-10-19-12-15/h1-3,5-7,9-10,12-13H,4,8,11H2,(H,20,23)(H,21,22). The summed E-state index contributed by atoms with van der Waals surface area (Å²) in [7, 11) is 0. The number of pyridine rings is 1. The van der Waals surface area contributed by atoms with E-state index < -0.39 is 0 Å². The minimum absolute atomic E-state index is 0.140. The Kier molecular flexibility index (Phi) is 5.52. The number of amides is 1. The van der Waals surface area contributed by atoms with Gasteiger partial charge in [0.05, 0.1) is 11.9 Å². The highest BCUT2D eigenvalue weighted by Crippen LogP contribution is 2.20. The maximum Gasteiger partial charge on any atom is 0.270 e. The number of anilines is 2. The highest BCUT2D eigenvalue weighted by molar-refractivity contribution is 7.14. The van der Waals surface area contributed by atoms with Gasteiger partial charge in [0.15, 0.2) is 5.13 Å². The first-order chi connectivity index (χ1) is 11.8. The van der Waals surface area contributed by atoms with Crippen LogP contribution in [0.25, 0.3) is 0 Å². The van der Waals surface area contributed by atoms with Gasteiger partial charge in [-0.05, 0) is 30.5 Å². The van der Waals surface area contributed by atoms with E-state index in [0.717, 1.165) is 18.5 Å². The lowest BCUT2D eigenvalue weighted by atomic mass is 10.1. The molecular formula is C18H18N4OS. The Morgan fingerprint density at radius 2 is 2.00 bits per heavy atom. The van der Waals surface area contributed by atoms with Crippen LogP contribution >= 0.6 is 11.3 Å². The second-order valence-electron chi connectivity index (χ2n) is 5.25. The lowest BCUT2D eigenvalue weighted by molar-refractivity contribution is 0.0949. The van der Waals surface area contributed by atoms with E-state index in [0.29, 0.717) is 17.4 Å². The number of benzene rings is 1. The molecule has 0 radical (unpaired) electrons. The van der Waals surface area contributed by atoms with Gasteiger partial charge in [0.25, 0.3) is 5.91 Å². The fraction of sp³-hybridized carbons (Fsp3) is 0.167. The Morgan fingerprint density at radius 1 is 1.12 bits per heavy atom. The molecule has 3 aromatic rings. The largest absolute Gasteiger partial charge is 0.351 e. The van der Waals surface area contributed by atoms with Crippen LogP contribution in [0.2, 0.25) is 0 Å². The summed E-state index contributed by atoms with van der Waals surface area (Å²) in [5, 5.41) is 8.48. The van der Waals surface area contributed by atoms with Crippen LogP contribution in [-0.4, -0.2) is 22.4 Å². The molecule has 0 fully saturated rings. The summed E-state index contributed by atoms with van der Waals surface area (Å²) < 4.78 is 0. The van der Waals surface area contributed by atoms with E-state index in [9.17, 15) is 4.79 Å². The summed E-state index contributed by atoms with van der Waals surface area (Å²) in [6.07, 6.45) is 5.28. The zero-order valence-corrected chi connectivity index (χ0v) is 13.9. The van der Waals surface area contributed by atoms with Gasteiger partial charge in [0, 0.05) is 18.1 Å². The molecule has 2 N–H and O–H groups in total. The van der Waals surface area contributed by atoms with Crippen LogP contribution in [0, 0.1) is 0 Å². The zero-order chi connectivity index (χ0) is 16.6. The number of thiazole rings is 1. The van der Waals surface area contributed by atoms with Crippen molar-refractivity contribution in [3.8, 4) is 0 Å². The average Bonchev–Trinajstić information content (AvgIpc) is 3.09. The van der Waals surface area contributed by atoms with Crippen molar-refractivity contribution >= 4 is 28.1 Å². The van der Waals surface area contributed by atoms with Crippen molar-refractivity contribution in [2.75, 3.05) is 11.9 Å². The van der Waals surface area contributed by atoms with Crippen LogP contribution in [0.1, 0.15) is 22.5 Å². The van der Waals surface area contributed by atoms with Gasteiger partial charge in [-0.2, -0.15) is 0 Å². The van der Waals surface area contributed by atoms with E-state index in [1.54, 1.807) is 17.8 Å². The molecule has 0 spiro atoms. The van der Waals surface area contributed by atoms with Crippen molar-refractivity contribution in [2.45, 2.75) is 12.8 Å². The summed E-state index contributed by atoms with van der Waals surface area (Å²) in [6, 6.07) is 14.0. The second-order valence-corrected chi connectivity index (χ2v) is 6.11. The highest BCUT2D eigenvalue weighted by Gasteiger charge is 2.10. The van der Waals surface area contributed by atoms with Crippen LogP contribution in [0.3, 0.4) is 0 Å². The van der Waals surface area contributed by atoms with Gasteiger partial charge in [-0.25, -0.2) is 4.98 Å². The quantitative estimate of drug-likeness (QED) is 0.645. The Balaban J connectivity index is 1.45. The Hall–Kier alpha value is -2.73. The van der Waals surface area contributed by atoms with E-state index in [1.807, 2.05) is 30.3 Å². The van der Waals surface area contributed by atoms with Crippen LogP contribution in [0.5, 0.6) is 0 Å². The highest BCUT2D eigenvalue weighted by atomic mass is 32.1. The first kappa shape index (κ1) is 16.1. The van der Waals surface area contributed by atoms with Crippen LogP contribution in [0.4, 0.5) is 10.8 Å². The maximum atomic E-state index is 12.1. The average molecular weight is 338 g/mol. The summed E-state index contributed by atoms with van der Waals surface area (Å²) in [5.41, 5.74) is 2.57. The normalized spacial score (nSPS) is 10.3. The summed E-state index contributed by atoms with van der Waals surface area (Å²) in [5.74, 6) is -0.140. The molecule has 1 amide bonds. The van der Waals surface area contributed by atoms with Gasteiger partial charge in [0.1, 0.15) is 5.69 Å². The van der Waals surface area contributed by atoms with Gasteiger partial charge < -0.3 is 10.6 Å². The molecule has 2 heterocycles. The second kappa shape index (κ2) is 8.21. The van der Waals surface area contributed by atoms with Crippen molar-refractivity contribution in [1.29, 1.82) is 0 Å². The Bertz CT molecular complexity index is 774. The van der Waals surface area contributed by atoms with Crippen molar-refractivity contribution in [1.82, 2.24) is 15.3 Å². The summed E-state index contributed by atoms with van der Waals surface area (Å²) in [4.78, 5) is 20.5. The van der Waals surface area contributed by atoms with Gasteiger partial charge in [-0.15, -0.1) is 11.3 Å². The van der Waals surface area contributed by atoms with Gasteiger partial charge >= 0.3 is 0 Å². The van der Waals surface area contributed by atoms with E-state index in [1.165, 1.54) is 16.9 Å². The molecular weight excluding hydrogens is 320 g/mol. The van der Waals surface area contributed by atoms with Crippen LogP contribution in [0.15, 0.2) is 60.2 Å². The fourth-order valence-electron chi connectivity index (χ4n) is 2.23. The molecule has 0 aliphatic carbocycles. The minimum atomic E-state index is -0.140. The van der Waals surface area contributed by atoms with Gasteiger partial charge in [-0.3, -0.25) is 9.78 Å². The van der Waals surface area contributed by atoms with Crippen molar-refractivity contribution < 1.29 is 4.79 Å². The summed E-state index contributed by atoms with van der Waals surface area (Å²) in [6.45, 7) is 0.636. The third kappa shape index (κ3) is 4.63. The van der Waals surface area contributed by atoms with Crippen molar-refractivity contribution in [2.24, 2.45) is 0 Å². The molecule has 24 heavy (non-hydrogen) atoms. The minimum Gasteiger partial charge on any atom is -0.351 e. The molecule has 0 saturated carbocycles. The smallest absolute Gasteiger partial charge is 0.270 e. The molecule has 0 bridgehead atoms. The van der Waals surface area contributed by atoms with Crippen LogP contribution in [-0.2, 0) is 6.42 Å². The van der Waals surface area contributed by atoms with Crippen molar-refractivity contribution in [3.63, 3.8) is 0 Å². The number of nitrogens with zero attached hydrogens (tertiary/aromatic N) is 2. The lowest BCUT2D eigenvalue weighted by Crippen LogP contribution is -2.25.